The van der Waals surface area contributed by atoms with E-state index in [0.717, 1.165) is 51.1 Å². The molecule has 2 aliphatic heterocycles. The molecule has 2 unspecified atom stereocenters. The molecule has 1 amide bonds. The molecule has 35 heavy (non-hydrogen) atoms. The molecular weight excluding hydrogens is 444 g/mol. The number of hydrogen-bond donors (Lipinski definition) is 1. The maximum atomic E-state index is 12.5. The first kappa shape index (κ1) is 25.5. The second-order valence-electron chi connectivity index (χ2n) is 10.1. The normalized spacial score (nSPS) is 26.6. The van der Waals surface area contributed by atoms with Crippen LogP contribution in [0.2, 0.25) is 0 Å². The fourth-order valence-corrected chi connectivity index (χ4v) is 5.45. The van der Waals surface area contributed by atoms with Gasteiger partial charge in [0.1, 0.15) is 6.61 Å². The summed E-state index contributed by atoms with van der Waals surface area (Å²) in [5.41, 5.74) is 2.60. The van der Waals surface area contributed by atoms with Gasteiger partial charge in [0.05, 0.1) is 6.10 Å². The van der Waals surface area contributed by atoms with Gasteiger partial charge in [0.2, 0.25) is 0 Å². The summed E-state index contributed by atoms with van der Waals surface area (Å²) in [6, 6.07) is 0. The van der Waals surface area contributed by atoms with Gasteiger partial charge in [-0.05, 0) is 56.8 Å². The van der Waals surface area contributed by atoms with Crippen LogP contribution >= 0.6 is 0 Å². The summed E-state index contributed by atoms with van der Waals surface area (Å²) >= 11 is 0. The zero-order valence-electron chi connectivity index (χ0n) is 20.9. The Morgan fingerprint density at radius 1 is 1.17 bits per heavy atom. The number of rotatable bonds is 8. The van der Waals surface area contributed by atoms with E-state index in [0.29, 0.717) is 37.6 Å². The first-order chi connectivity index (χ1) is 16.9. The molecule has 4 aliphatic rings. The molecule has 0 bridgehead atoms. The zero-order chi connectivity index (χ0) is 24.8. The Morgan fingerprint density at radius 3 is 2.69 bits per heavy atom. The quantitative estimate of drug-likeness (QED) is 0.554. The number of cyclic esters (lactones) is 1. The molecule has 0 aromatic rings. The fourth-order valence-electron chi connectivity index (χ4n) is 5.45. The number of nitrogens with zero attached hydrogens (tertiary/aromatic N) is 2. The first-order valence-electron chi connectivity index (χ1n) is 12.9. The van der Waals surface area contributed by atoms with Crippen molar-refractivity contribution in [3.63, 3.8) is 0 Å². The first-order valence-corrected chi connectivity index (χ1v) is 12.9. The van der Waals surface area contributed by atoms with Gasteiger partial charge in [-0.15, -0.1) is 0 Å². The van der Waals surface area contributed by atoms with Crippen molar-refractivity contribution in [3.8, 4) is 0 Å². The van der Waals surface area contributed by atoms with Crippen molar-refractivity contribution in [3.05, 3.63) is 59.3 Å². The number of hydrogen-bond acceptors (Lipinski definition) is 5. The van der Waals surface area contributed by atoms with E-state index in [9.17, 15) is 14.7 Å². The average molecular weight is 483 g/mol. The summed E-state index contributed by atoms with van der Waals surface area (Å²) in [5.74, 6) is -0.472. The maximum absolute atomic E-state index is 12.5. The second-order valence-corrected chi connectivity index (χ2v) is 10.1. The van der Waals surface area contributed by atoms with Crippen LogP contribution in [0.1, 0.15) is 39.5 Å². The highest BCUT2D eigenvalue weighted by atomic mass is 16.6. The van der Waals surface area contributed by atoms with Crippen LogP contribution in [-0.4, -0.2) is 79.0 Å². The Balaban J connectivity index is 1.33. The predicted molar refractivity (Wildman–Crippen MR) is 135 cm³/mol. The van der Waals surface area contributed by atoms with Crippen LogP contribution in [-0.2, 0) is 14.3 Å². The number of amides is 1. The molecule has 2 aliphatic carbocycles. The number of carbonyl (C=O) groups excluding carboxylic acids is 1. The fraction of sp³-hybridized carbons (Fsp3) is 0.571. The summed E-state index contributed by atoms with van der Waals surface area (Å²) < 4.78 is 11.5. The van der Waals surface area contributed by atoms with E-state index in [1.165, 1.54) is 5.57 Å². The topological polar surface area (TPSA) is 79.3 Å². The van der Waals surface area contributed by atoms with Crippen LogP contribution < -0.4 is 0 Å². The third kappa shape index (κ3) is 6.33. The van der Waals surface area contributed by atoms with Crippen LogP contribution in [0.3, 0.4) is 0 Å². The molecular formula is C28H38N2O5. The number of likely N-dealkylation sites (tertiary alicyclic amines) is 1. The third-order valence-electron chi connectivity index (χ3n) is 7.61. The van der Waals surface area contributed by atoms with E-state index in [2.05, 4.69) is 30.1 Å². The maximum Gasteiger partial charge on any atom is 0.410 e. The molecule has 1 spiro atoms. The van der Waals surface area contributed by atoms with Gasteiger partial charge in [0, 0.05) is 43.1 Å². The highest BCUT2D eigenvalue weighted by molar-refractivity contribution is 5.87. The van der Waals surface area contributed by atoms with Crippen molar-refractivity contribution in [1.29, 1.82) is 0 Å². The Bertz CT molecular complexity index is 952. The second kappa shape index (κ2) is 11.4. The van der Waals surface area contributed by atoms with Crippen LogP contribution in [0.25, 0.3) is 0 Å². The Morgan fingerprint density at radius 2 is 1.97 bits per heavy atom. The van der Waals surface area contributed by atoms with Gasteiger partial charge in [-0.2, -0.15) is 0 Å². The molecule has 0 aromatic carbocycles. The van der Waals surface area contributed by atoms with Crippen molar-refractivity contribution < 1.29 is 24.2 Å². The Labute approximate surface area is 208 Å². The van der Waals surface area contributed by atoms with E-state index in [1.54, 1.807) is 17.1 Å². The summed E-state index contributed by atoms with van der Waals surface area (Å²) in [6.45, 7) is 9.49. The van der Waals surface area contributed by atoms with Gasteiger partial charge >= 0.3 is 12.1 Å². The summed E-state index contributed by atoms with van der Waals surface area (Å²) in [7, 11) is 0. The number of carbonyl (C=O) groups is 2. The summed E-state index contributed by atoms with van der Waals surface area (Å²) in [6.07, 6.45) is 17.3. The number of carboxylic acid groups (broad SMARTS) is 1. The lowest BCUT2D eigenvalue weighted by Crippen LogP contribution is -2.54. The molecule has 0 aromatic heterocycles. The molecule has 4 rings (SSSR count). The van der Waals surface area contributed by atoms with E-state index in [4.69, 9.17) is 9.47 Å². The van der Waals surface area contributed by atoms with E-state index in [-0.39, 0.29) is 17.6 Å². The minimum atomic E-state index is -0.908. The van der Waals surface area contributed by atoms with Crippen LogP contribution in [0, 0.1) is 11.3 Å². The SMILES string of the molecule is CCOC1C=CC(CN2CCC3(CC2)COC(=O)N(CC2=CC=C(C(=O)O)CC=C2)C3)=CC1CC. The lowest BCUT2D eigenvalue weighted by atomic mass is 9.77. The Hall–Kier alpha value is -2.64. The van der Waals surface area contributed by atoms with Gasteiger partial charge in [-0.3, -0.25) is 4.90 Å². The molecule has 2 saturated heterocycles. The van der Waals surface area contributed by atoms with E-state index < -0.39 is 5.97 Å². The predicted octanol–water partition coefficient (Wildman–Crippen LogP) is 4.35. The van der Waals surface area contributed by atoms with Crippen LogP contribution in [0.4, 0.5) is 4.79 Å². The van der Waals surface area contributed by atoms with Gasteiger partial charge in [-0.25, -0.2) is 9.59 Å². The average Bonchev–Trinajstić information content (AvgIpc) is 3.10. The van der Waals surface area contributed by atoms with Gasteiger partial charge in [0.25, 0.3) is 0 Å². The number of ether oxygens (including phenoxy) is 2. The van der Waals surface area contributed by atoms with Gasteiger partial charge in [0.15, 0.2) is 0 Å². The number of allylic oxidation sites excluding steroid dienone is 3. The molecule has 7 heteroatoms. The minimum Gasteiger partial charge on any atom is -0.478 e. The molecule has 190 valence electrons. The van der Waals surface area contributed by atoms with Crippen molar-refractivity contribution >= 4 is 12.1 Å². The van der Waals surface area contributed by atoms with E-state index >= 15 is 0 Å². The van der Waals surface area contributed by atoms with Crippen molar-refractivity contribution in [2.24, 2.45) is 11.3 Å². The number of carboxylic acids is 1. The zero-order valence-corrected chi connectivity index (χ0v) is 20.9. The lowest BCUT2D eigenvalue weighted by Gasteiger charge is -2.47. The highest BCUT2D eigenvalue weighted by Gasteiger charge is 2.42. The molecule has 2 fully saturated rings. The monoisotopic (exact) mass is 482 g/mol. The van der Waals surface area contributed by atoms with Crippen molar-refractivity contribution in [2.45, 2.75) is 45.6 Å². The van der Waals surface area contributed by atoms with E-state index in [1.807, 2.05) is 19.1 Å². The number of aliphatic carboxylic acids is 1. The van der Waals surface area contributed by atoms with Crippen molar-refractivity contribution in [2.75, 3.05) is 45.9 Å². The van der Waals surface area contributed by atoms with Crippen molar-refractivity contribution in [1.82, 2.24) is 9.80 Å². The molecule has 2 heterocycles. The minimum absolute atomic E-state index is 0.0235. The van der Waals surface area contributed by atoms with Gasteiger partial charge in [-0.1, -0.05) is 49.5 Å². The van der Waals surface area contributed by atoms with Crippen LogP contribution in [0.5, 0.6) is 0 Å². The highest BCUT2D eigenvalue weighted by Crippen LogP contribution is 2.37. The molecule has 2 atom stereocenters. The molecule has 0 radical (unpaired) electrons. The molecule has 1 N–H and O–H groups in total. The lowest BCUT2D eigenvalue weighted by molar-refractivity contribution is -0.132. The smallest absolute Gasteiger partial charge is 0.410 e. The molecule has 0 saturated carbocycles. The molecule has 7 nitrogen and oxygen atoms in total. The summed E-state index contributed by atoms with van der Waals surface area (Å²) in [5, 5.41) is 9.23. The third-order valence-corrected chi connectivity index (χ3v) is 7.61. The largest absolute Gasteiger partial charge is 0.478 e. The Kier molecular flexibility index (Phi) is 8.29. The van der Waals surface area contributed by atoms with Gasteiger partial charge < -0.3 is 19.5 Å². The standard InChI is InChI=1S/C28H38N2O5/c1-3-23-16-22(9-11-25(23)34-4-2)17-29-14-12-28(13-15-29)19-30(27(33)35-20-28)18-21-6-5-7-24(10-8-21)26(31)32/h5-6,8-11,16,23,25H,3-4,7,12-15,17-20H2,1-2H3,(H,31,32). The summed E-state index contributed by atoms with van der Waals surface area (Å²) in [4.78, 5) is 28.1. The number of piperidine rings is 1. The van der Waals surface area contributed by atoms with Crippen LogP contribution in [0.15, 0.2) is 59.3 Å².